The summed E-state index contributed by atoms with van der Waals surface area (Å²) in [6.45, 7) is 1.76. The number of aromatic nitrogens is 1. The Hall–Kier alpha value is -2.65. The standard InChI is InChI=1S/C19H23BrN4O4/c1-12(19(26)22-14-6-7-15(27-3)16(9-14)28-4)24(2)11-18(25)23-17-8-5-13(20)10-21-17/h5-10,12H,11H2,1-4H3,(H,22,26)(H,21,23,25). The van der Waals surface area contributed by atoms with Gasteiger partial charge in [0.1, 0.15) is 5.82 Å². The molecule has 150 valence electrons. The minimum absolute atomic E-state index is 0.0399. The fourth-order valence-electron chi connectivity index (χ4n) is 2.36. The number of likely N-dealkylation sites (N-methyl/N-ethyl adjacent to an activating group) is 1. The molecule has 2 amide bonds. The summed E-state index contributed by atoms with van der Waals surface area (Å²) in [4.78, 5) is 30.4. The Bertz CT molecular complexity index is 829. The molecule has 0 aliphatic rings. The van der Waals surface area contributed by atoms with E-state index in [-0.39, 0.29) is 18.4 Å². The number of carbonyl (C=O) groups is 2. The van der Waals surface area contributed by atoms with Crippen molar-refractivity contribution < 1.29 is 19.1 Å². The molecule has 1 atom stereocenters. The van der Waals surface area contributed by atoms with Gasteiger partial charge in [-0.3, -0.25) is 14.5 Å². The normalized spacial score (nSPS) is 11.6. The van der Waals surface area contributed by atoms with Gasteiger partial charge >= 0.3 is 0 Å². The Morgan fingerprint density at radius 3 is 2.46 bits per heavy atom. The number of hydrogen-bond acceptors (Lipinski definition) is 6. The number of pyridine rings is 1. The van der Waals surface area contributed by atoms with Gasteiger partial charge in [0, 0.05) is 22.4 Å². The molecule has 2 aromatic rings. The molecule has 0 aliphatic heterocycles. The van der Waals surface area contributed by atoms with Crippen molar-refractivity contribution in [3.8, 4) is 11.5 Å². The van der Waals surface area contributed by atoms with Gasteiger partial charge in [-0.05, 0) is 54.2 Å². The fourth-order valence-corrected chi connectivity index (χ4v) is 2.59. The third kappa shape index (κ3) is 5.93. The third-order valence-electron chi connectivity index (χ3n) is 4.08. The van der Waals surface area contributed by atoms with E-state index < -0.39 is 6.04 Å². The van der Waals surface area contributed by atoms with E-state index in [2.05, 4.69) is 31.5 Å². The number of rotatable bonds is 8. The first kappa shape index (κ1) is 21.6. The third-order valence-corrected chi connectivity index (χ3v) is 4.55. The van der Waals surface area contributed by atoms with Crippen molar-refractivity contribution in [3.63, 3.8) is 0 Å². The molecule has 1 aromatic carbocycles. The maximum absolute atomic E-state index is 12.5. The molecule has 2 rings (SSSR count). The van der Waals surface area contributed by atoms with Crippen molar-refractivity contribution in [2.24, 2.45) is 0 Å². The summed E-state index contributed by atoms with van der Waals surface area (Å²) in [7, 11) is 4.77. The van der Waals surface area contributed by atoms with Gasteiger partial charge in [-0.15, -0.1) is 0 Å². The number of nitrogens with one attached hydrogen (secondary N) is 2. The number of carbonyl (C=O) groups excluding carboxylic acids is 2. The lowest BCUT2D eigenvalue weighted by Crippen LogP contribution is -2.43. The Balaban J connectivity index is 1.92. The number of amides is 2. The van der Waals surface area contributed by atoms with E-state index in [1.54, 1.807) is 62.5 Å². The summed E-state index contributed by atoms with van der Waals surface area (Å²) in [6.07, 6.45) is 1.60. The van der Waals surface area contributed by atoms with Crippen LogP contribution in [0.4, 0.5) is 11.5 Å². The first-order valence-electron chi connectivity index (χ1n) is 8.48. The molecule has 0 saturated carbocycles. The van der Waals surface area contributed by atoms with Gasteiger partial charge in [-0.1, -0.05) is 0 Å². The van der Waals surface area contributed by atoms with Crippen LogP contribution >= 0.6 is 15.9 Å². The summed E-state index contributed by atoms with van der Waals surface area (Å²) >= 11 is 3.29. The average molecular weight is 451 g/mol. The van der Waals surface area contributed by atoms with Gasteiger partial charge < -0.3 is 20.1 Å². The Kier molecular flexibility index (Phi) is 7.77. The molecule has 9 heteroatoms. The zero-order chi connectivity index (χ0) is 20.7. The monoisotopic (exact) mass is 450 g/mol. The first-order valence-corrected chi connectivity index (χ1v) is 9.28. The second-order valence-electron chi connectivity index (χ2n) is 6.06. The zero-order valence-electron chi connectivity index (χ0n) is 16.2. The molecule has 0 saturated heterocycles. The zero-order valence-corrected chi connectivity index (χ0v) is 17.7. The van der Waals surface area contributed by atoms with Gasteiger partial charge in [-0.2, -0.15) is 0 Å². The Labute approximate surface area is 172 Å². The highest BCUT2D eigenvalue weighted by Gasteiger charge is 2.21. The van der Waals surface area contributed by atoms with Crippen LogP contribution in [0.25, 0.3) is 0 Å². The van der Waals surface area contributed by atoms with Crippen molar-refractivity contribution in [2.75, 3.05) is 38.4 Å². The SMILES string of the molecule is COc1ccc(NC(=O)C(C)N(C)CC(=O)Nc2ccc(Br)cn2)cc1OC. The number of hydrogen-bond donors (Lipinski definition) is 2. The van der Waals surface area contributed by atoms with Crippen molar-refractivity contribution >= 4 is 39.2 Å². The van der Waals surface area contributed by atoms with Gasteiger partial charge in [0.05, 0.1) is 26.8 Å². The molecule has 8 nitrogen and oxygen atoms in total. The Morgan fingerprint density at radius 2 is 1.86 bits per heavy atom. The van der Waals surface area contributed by atoms with Crippen molar-refractivity contribution in [2.45, 2.75) is 13.0 Å². The molecule has 0 radical (unpaired) electrons. The number of halogens is 1. The fraction of sp³-hybridized carbons (Fsp3) is 0.316. The summed E-state index contributed by atoms with van der Waals surface area (Å²) in [5, 5.41) is 5.51. The van der Waals surface area contributed by atoms with Crippen LogP contribution in [0.1, 0.15) is 6.92 Å². The van der Waals surface area contributed by atoms with E-state index in [4.69, 9.17) is 9.47 Å². The summed E-state index contributed by atoms with van der Waals surface area (Å²) in [5.74, 6) is 1.03. The molecule has 0 spiro atoms. The van der Waals surface area contributed by atoms with Crippen LogP contribution < -0.4 is 20.1 Å². The molecular formula is C19H23BrN4O4. The minimum Gasteiger partial charge on any atom is -0.493 e. The average Bonchev–Trinajstić information content (AvgIpc) is 2.68. The molecule has 0 fully saturated rings. The van der Waals surface area contributed by atoms with Crippen molar-refractivity contribution in [1.29, 1.82) is 0 Å². The van der Waals surface area contributed by atoms with Crippen LogP contribution in [0.2, 0.25) is 0 Å². The van der Waals surface area contributed by atoms with E-state index in [9.17, 15) is 9.59 Å². The van der Waals surface area contributed by atoms with E-state index in [1.807, 2.05) is 0 Å². The van der Waals surface area contributed by atoms with Gasteiger partial charge in [0.2, 0.25) is 11.8 Å². The summed E-state index contributed by atoms with van der Waals surface area (Å²) in [6, 6.07) is 8.05. The van der Waals surface area contributed by atoms with E-state index in [1.165, 1.54) is 7.11 Å². The van der Waals surface area contributed by atoms with Gasteiger partial charge in [0.25, 0.3) is 0 Å². The van der Waals surface area contributed by atoms with Crippen LogP contribution in [0, 0.1) is 0 Å². The number of benzene rings is 1. The number of ether oxygens (including phenoxy) is 2. The van der Waals surface area contributed by atoms with Crippen LogP contribution in [-0.2, 0) is 9.59 Å². The Morgan fingerprint density at radius 1 is 1.14 bits per heavy atom. The van der Waals surface area contributed by atoms with Crippen LogP contribution in [0.3, 0.4) is 0 Å². The van der Waals surface area contributed by atoms with Crippen LogP contribution in [-0.4, -0.2) is 55.6 Å². The molecular weight excluding hydrogens is 428 g/mol. The second-order valence-corrected chi connectivity index (χ2v) is 6.98. The maximum Gasteiger partial charge on any atom is 0.241 e. The highest BCUT2D eigenvalue weighted by Crippen LogP contribution is 2.29. The lowest BCUT2D eigenvalue weighted by Gasteiger charge is -2.23. The summed E-state index contributed by atoms with van der Waals surface area (Å²) < 4.78 is 11.2. The van der Waals surface area contributed by atoms with E-state index in [0.717, 1.165) is 4.47 Å². The van der Waals surface area contributed by atoms with Crippen molar-refractivity contribution in [1.82, 2.24) is 9.88 Å². The predicted octanol–water partition coefficient (Wildman–Crippen LogP) is 2.76. The lowest BCUT2D eigenvalue weighted by atomic mass is 10.2. The molecule has 0 aliphatic carbocycles. The van der Waals surface area contributed by atoms with Gasteiger partial charge in [-0.25, -0.2) is 4.98 Å². The van der Waals surface area contributed by atoms with E-state index in [0.29, 0.717) is 23.0 Å². The minimum atomic E-state index is -0.531. The smallest absolute Gasteiger partial charge is 0.241 e. The highest BCUT2D eigenvalue weighted by molar-refractivity contribution is 9.10. The van der Waals surface area contributed by atoms with Crippen molar-refractivity contribution in [3.05, 3.63) is 41.0 Å². The van der Waals surface area contributed by atoms with Gasteiger partial charge in [0.15, 0.2) is 11.5 Å². The molecule has 1 aromatic heterocycles. The molecule has 1 heterocycles. The number of anilines is 2. The topological polar surface area (TPSA) is 92.8 Å². The summed E-state index contributed by atoms with van der Waals surface area (Å²) in [5.41, 5.74) is 0.575. The lowest BCUT2D eigenvalue weighted by molar-refractivity contribution is -0.122. The predicted molar refractivity (Wildman–Crippen MR) is 111 cm³/mol. The van der Waals surface area contributed by atoms with Crippen LogP contribution in [0.15, 0.2) is 41.0 Å². The second kappa shape index (κ2) is 10.0. The maximum atomic E-state index is 12.5. The number of nitrogens with zero attached hydrogens (tertiary/aromatic N) is 2. The van der Waals surface area contributed by atoms with E-state index >= 15 is 0 Å². The highest BCUT2D eigenvalue weighted by atomic mass is 79.9. The number of methoxy groups -OCH3 is 2. The quantitative estimate of drug-likeness (QED) is 0.642. The molecule has 28 heavy (non-hydrogen) atoms. The van der Waals surface area contributed by atoms with Crippen LogP contribution in [0.5, 0.6) is 11.5 Å². The molecule has 2 N–H and O–H groups in total. The first-order chi connectivity index (χ1) is 13.3. The molecule has 1 unspecified atom stereocenters. The largest absolute Gasteiger partial charge is 0.493 e. The molecule has 0 bridgehead atoms.